The van der Waals surface area contributed by atoms with Crippen molar-refractivity contribution >= 4 is 12.1 Å². The van der Waals surface area contributed by atoms with Gasteiger partial charge in [0.1, 0.15) is 0 Å². The Kier molecular flexibility index (Phi) is 29.7. The summed E-state index contributed by atoms with van der Waals surface area (Å²) >= 11 is 0. The molecule has 0 unspecified atom stereocenters. The van der Waals surface area contributed by atoms with Gasteiger partial charge in [0.05, 0.1) is 79.3 Å². The van der Waals surface area contributed by atoms with Crippen LogP contribution in [0.3, 0.4) is 0 Å². The second-order valence-electron chi connectivity index (χ2n) is 7.66. The van der Waals surface area contributed by atoms with Crippen molar-refractivity contribution in [3.8, 4) is 0 Å². The first-order chi connectivity index (χ1) is 19.7. The van der Waals surface area contributed by atoms with Crippen LogP contribution in [0.25, 0.3) is 20.9 Å². The smallest absolute Gasteiger partial charge is 0.314 e. The average molecular weight is 577 g/mol. The fourth-order valence-electron chi connectivity index (χ4n) is 2.64. The minimum atomic E-state index is -0.274. The summed E-state index contributed by atoms with van der Waals surface area (Å²) in [6.45, 7) is 7.15. The molecule has 0 radical (unpaired) electrons. The summed E-state index contributed by atoms with van der Waals surface area (Å²) < 4.78 is 31.8. The molecule has 0 saturated heterocycles. The molecule has 0 heterocycles. The van der Waals surface area contributed by atoms with Gasteiger partial charge in [-0.15, -0.1) is 0 Å². The van der Waals surface area contributed by atoms with Gasteiger partial charge in [-0.1, -0.05) is 10.2 Å². The standard InChI is InChI=1S/C22H44N10O8/c23-31-29-7-11-37-15-19-39-17-13-35-9-5-27-21(33)25-3-1-2-4-26-22(34)28-6-10-36-14-18-40-20-16-38-12-8-30-32-24/h1-20H2,(H2,25,27,33)(H2,26,28,34). The van der Waals surface area contributed by atoms with Gasteiger partial charge >= 0.3 is 12.1 Å². The molecule has 4 amide bonds. The topological polar surface area (TPSA) is 235 Å². The van der Waals surface area contributed by atoms with Crippen molar-refractivity contribution in [1.82, 2.24) is 21.3 Å². The zero-order valence-electron chi connectivity index (χ0n) is 23.1. The zero-order chi connectivity index (χ0) is 29.2. The van der Waals surface area contributed by atoms with Crippen LogP contribution in [0.1, 0.15) is 12.8 Å². The average Bonchev–Trinajstić information content (AvgIpc) is 2.95. The molecule has 0 aromatic rings. The van der Waals surface area contributed by atoms with Gasteiger partial charge in [0.2, 0.25) is 0 Å². The SMILES string of the molecule is [N-]=[N+]=NCCOCCOCCOCCNC(=O)NCCCCNC(=O)NCCOCCOCCOCCN=[N+]=[N-]. The Morgan fingerprint density at radius 2 is 0.775 bits per heavy atom. The molecule has 0 bridgehead atoms. The summed E-state index contributed by atoms with van der Waals surface area (Å²) in [6.07, 6.45) is 1.44. The third-order valence-electron chi connectivity index (χ3n) is 4.52. The number of urea groups is 2. The van der Waals surface area contributed by atoms with Gasteiger partial charge in [-0.3, -0.25) is 0 Å². The van der Waals surface area contributed by atoms with Gasteiger partial charge in [-0.25, -0.2) is 9.59 Å². The molecule has 40 heavy (non-hydrogen) atoms. The Labute approximate surface area is 234 Å². The van der Waals surface area contributed by atoms with Crippen molar-refractivity contribution in [2.75, 3.05) is 119 Å². The van der Waals surface area contributed by atoms with E-state index in [1.54, 1.807) is 0 Å². The number of hydrogen-bond donors (Lipinski definition) is 4. The molecule has 18 heteroatoms. The van der Waals surface area contributed by atoms with Crippen LogP contribution in [0, 0.1) is 0 Å². The predicted octanol–water partition coefficient (Wildman–Crippen LogP) is 1.09. The molecular weight excluding hydrogens is 532 g/mol. The molecule has 0 saturated carbocycles. The van der Waals surface area contributed by atoms with Gasteiger partial charge in [0, 0.05) is 49.1 Å². The summed E-state index contributed by atoms with van der Waals surface area (Å²) in [5.41, 5.74) is 16.2. The van der Waals surface area contributed by atoms with E-state index in [2.05, 4.69) is 41.3 Å². The minimum Gasteiger partial charge on any atom is -0.379 e. The number of hydrogen-bond acceptors (Lipinski definition) is 10. The van der Waals surface area contributed by atoms with Crippen LogP contribution in [0.15, 0.2) is 10.2 Å². The van der Waals surface area contributed by atoms with E-state index in [-0.39, 0.29) is 12.1 Å². The highest BCUT2D eigenvalue weighted by Gasteiger charge is 2.01. The Morgan fingerprint density at radius 1 is 0.475 bits per heavy atom. The number of carbonyl (C=O) groups excluding carboxylic acids is 2. The van der Waals surface area contributed by atoms with Gasteiger partial charge < -0.3 is 49.7 Å². The summed E-state index contributed by atoms with van der Waals surface area (Å²) in [6, 6.07) is -0.547. The maximum atomic E-state index is 11.7. The van der Waals surface area contributed by atoms with Crippen molar-refractivity contribution in [2.45, 2.75) is 12.8 Å². The number of rotatable bonds is 29. The Hall–Kier alpha value is -3.08. The monoisotopic (exact) mass is 576 g/mol. The molecule has 230 valence electrons. The van der Waals surface area contributed by atoms with Crippen LogP contribution in [0.5, 0.6) is 0 Å². The molecule has 0 rings (SSSR count). The number of amides is 4. The first-order valence-electron chi connectivity index (χ1n) is 13.2. The number of unbranched alkanes of at least 4 members (excludes halogenated alkanes) is 1. The molecule has 18 nitrogen and oxygen atoms in total. The molecular formula is C22H44N10O8. The van der Waals surface area contributed by atoms with Crippen molar-refractivity contribution in [1.29, 1.82) is 0 Å². The molecule has 0 aromatic carbocycles. The first kappa shape index (κ1) is 36.9. The summed E-state index contributed by atoms with van der Waals surface area (Å²) in [4.78, 5) is 28.7. The van der Waals surface area contributed by atoms with E-state index in [4.69, 9.17) is 39.5 Å². The van der Waals surface area contributed by atoms with Crippen LogP contribution in [-0.4, -0.2) is 131 Å². The molecule has 0 spiro atoms. The van der Waals surface area contributed by atoms with E-state index in [1.807, 2.05) is 0 Å². The molecule has 0 aromatic heterocycles. The molecule has 4 N–H and O–H groups in total. The highest BCUT2D eigenvalue weighted by Crippen LogP contribution is 1.86. The van der Waals surface area contributed by atoms with Crippen LogP contribution in [0.2, 0.25) is 0 Å². The lowest BCUT2D eigenvalue weighted by molar-refractivity contribution is 0.0168. The van der Waals surface area contributed by atoms with E-state index in [9.17, 15) is 9.59 Å². The lowest BCUT2D eigenvalue weighted by atomic mass is 10.3. The fourth-order valence-corrected chi connectivity index (χ4v) is 2.64. The number of nitrogens with zero attached hydrogens (tertiary/aromatic N) is 6. The minimum absolute atomic E-state index is 0.274. The quantitative estimate of drug-likeness (QED) is 0.0434. The lowest BCUT2D eigenvalue weighted by Gasteiger charge is -2.10. The predicted molar refractivity (Wildman–Crippen MR) is 145 cm³/mol. The van der Waals surface area contributed by atoms with E-state index >= 15 is 0 Å². The second-order valence-corrected chi connectivity index (χ2v) is 7.66. The van der Waals surface area contributed by atoms with Gasteiger partial charge in [0.25, 0.3) is 0 Å². The van der Waals surface area contributed by atoms with Crippen LogP contribution < -0.4 is 21.3 Å². The van der Waals surface area contributed by atoms with Gasteiger partial charge in [-0.05, 0) is 23.9 Å². The van der Waals surface area contributed by atoms with Crippen molar-refractivity contribution < 1.29 is 38.0 Å². The third kappa shape index (κ3) is 31.1. The Bertz CT molecular complexity index is 651. The van der Waals surface area contributed by atoms with Gasteiger partial charge in [0.15, 0.2) is 0 Å². The van der Waals surface area contributed by atoms with Crippen LogP contribution in [0.4, 0.5) is 9.59 Å². The Balaban J connectivity index is 3.28. The lowest BCUT2D eigenvalue weighted by Crippen LogP contribution is -2.39. The third-order valence-corrected chi connectivity index (χ3v) is 4.52. The maximum absolute atomic E-state index is 11.7. The maximum Gasteiger partial charge on any atom is 0.314 e. The number of nitrogens with one attached hydrogen (secondary N) is 4. The van der Waals surface area contributed by atoms with E-state index in [0.717, 1.165) is 12.8 Å². The van der Waals surface area contributed by atoms with Gasteiger partial charge in [-0.2, -0.15) is 0 Å². The highest BCUT2D eigenvalue weighted by atomic mass is 16.5. The van der Waals surface area contributed by atoms with Crippen LogP contribution >= 0.6 is 0 Å². The largest absolute Gasteiger partial charge is 0.379 e. The first-order valence-corrected chi connectivity index (χ1v) is 13.2. The van der Waals surface area contributed by atoms with E-state index in [0.29, 0.717) is 119 Å². The number of azide groups is 2. The molecule has 0 atom stereocenters. The molecule has 0 aliphatic rings. The van der Waals surface area contributed by atoms with Crippen molar-refractivity contribution in [3.05, 3.63) is 20.9 Å². The molecule has 0 aliphatic heterocycles. The van der Waals surface area contributed by atoms with E-state index in [1.165, 1.54) is 0 Å². The van der Waals surface area contributed by atoms with E-state index < -0.39 is 0 Å². The Morgan fingerprint density at radius 3 is 1.12 bits per heavy atom. The number of carbonyl (C=O) groups is 2. The summed E-state index contributed by atoms with van der Waals surface area (Å²) in [5.74, 6) is 0. The van der Waals surface area contributed by atoms with Crippen molar-refractivity contribution in [3.63, 3.8) is 0 Å². The number of ether oxygens (including phenoxy) is 6. The normalized spacial score (nSPS) is 10.3. The molecule has 0 aliphatic carbocycles. The fraction of sp³-hybridized carbons (Fsp3) is 0.909. The van der Waals surface area contributed by atoms with Crippen LogP contribution in [-0.2, 0) is 28.4 Å². The highest BCUT2D eigenvalue weighted by molar-refractivity contribution is 5.74. The zero-order valence-corrected chi connectivity index (χ0v) is 23.1. The second kappa shape index (κ2) is 32.1. The van der Waals surface area contributed by atoms with Crippen molar-refractivity contribution in [2.24, 2.45) is 10.2 Å². The summed E-state index contributed by atoms with van der Waals surface area (Å²) in [7, 11) is 0. The summed E-state index contributed by atoms with van der Waals surface area (Å²) in [5, 5.41) is 17.6. The molecule has 0 fully saturated rings.